The fourth-order valence-electron chi connectivity index (χ4n) is 6.98. The van der Waals surface area contributed by atoms with Crippen molar-refractivity contribution in [1.82, 2.24) is 4.90 Å². The van der Waals surface area contributed by atoms with Crippen LogP contribution in [-0.4, -0.2) is 61.9 Å². The number of aliphatic hydroxyl groups is 1. The molecule has 1 aromatic carbocycles. The van der Waals surface area contributed by atoms with E-state index in [2.05, 4.69) is 21.9 Å². The Morgan fingerprint density at radius 2 is 2.07 bits per heavy atom. The highest BCUT2D eigenvalue weighted by Crippen LogP contribution is 2.65. The number of fused-ring (bicyclic) bond motifs is 4. The molecule has 6 rings (SSSR count). The second-order valence-corrected chi connectivity index (χ2v) is 8.83. The lowest BCUT2D eigenvalue weighted by molar-refractivity contribution is -0.118. The van der Waals surface area contributed by atoms with E-state index in [1.807, 2.05) is 12.1 Å². The van der Waals surface area contributed by atoms with Crippen LogP contribution in [0.15, 0.2) is 35.4 Å². The Labute approximate surface area is 170 Å². The maximum Gasteiger partial charge on any atom is 0.231 e. The zero-order valence-corrected chi connectivity index (χ0v) is 16.9. The molecule has 6 heteroatoms. The van der Waals surface area contributed by atoms with Crippen LogP contribution < -0.4 is 14.4 Å². The van der Waals surface area contributed by atoms with Crippen LogP contribution in [0.2, 0.25) is 0 Å². The molecule has 4 aliphatic heterocycles. The summed E-state index contributed by atoms with van der Waals surface area (Å²) in [6.07, 6.45) is 6.70. The average Bonchev–Trinajstić information content (AvgIpc) is 3.27. The van der Waals surface area contributed by atoms with Crippen LogP contribution in [0.1, 0.15) is 24.8 Å². The lowest BCUT2D eigenvalue weighted by Gasteiger charge is -2.54. The van der Waals surface area contributed by atoms with Gasteiger partial charge >= 0.3 is 0 Å². The summed E-state index contributed by atoms with van der Waals surface area (Å²) in [6.45, 7) is 2.00. The van der Waals surface area contributed by atoms with Crippen molar-refractivity contribution in [2.24, 2.45) is 5.92 Å². The number of carbonyl (C=O) groups is 1. The summed E-state index contributed by atoms with van der Waals surface area (Å²) in [4.78, 5) is 17.8. The van der Waals surface area contributed by atoms with Crippen molar-refractivity contribution >= 4 is 11.6 Å². The molecule has 4 atom stereocenters. The van der Waals surface area contributed by atoms with E-state index < -0.39 is 0 Å². The van der Waals surface area contributed by atoms with Gasteiger partial charge in [0.2, 0.25) is 5.91 Å². The predicted octanol–water partition coefficient (Wildman–Crippen LogP) is 2.01. The van der Waals surface area contributed by atoms with Crippen LogP contribution in [0.25, 0.3) is 0 Å². The van der Waals surface area contributed by atoms with Crippen molar-refractivity contribution < 1.29 is 19.4 Å². The smallest absolute Gasteiger partial charge is 0.231 e. The Balaban J connectivity index is 1.62. The van der Waals surface area contributed by atoms with Gasteiger partial charge in [-0.1, -0.05) is 17.7 Å². The third-order valence-corrected chi connectivity index (χ3v) is 8.00. The number of aliphatic hydroxyl groups excluding tert-OH is 1. The van der Waals surface area contributed by atoms with Crippen molar-refractivity contribution in [1.29, 1.82) is 0 Å². The second-order valence-electron chi connectivity index (χ2n) is 8.83. The van der Waals surface area contributed by atoms with Crippen LogP contribution in [0.4, 0.5) is 5.69 Å². The van der Waals surface area contributed by atoms with E-state index in [1.165, 1.54) is 16.7 Å². The van der Waals surface area contributed by atoms with E-state index in [4.69, 9.17) is 9.47 Å². The first-order valence-electron chi connectivity index (χ1n) is 10.5. The Hall–Kier alpha value is -2.31. The number of ether oxygens (including phenoxy) is 2. The number of benzene rings is 1. The standard InChI is InChI=1S/C23H26N2O4/c1-28-18-10-16-17(11-19(18)29-2)25-21(27)4-3-14-15-9-20-23(16,22(14)25)6-7-24(20)12-13(15)5-8-26/h3,5,10-11,15,20,22,26H,4,6-9,12H2,1-2H3/t15?,20?,22-,23?/m0/s1. The van der Waals surface area contributed by atoms with Gasteiger partial charge < -0.3 is 19.5 Å². The fraction of sp³-hybridized carbons (Fsp3) is 0.522. The van der Waals surface area contributed by atoms with Gasteiger partial charge in [0.1, 0.15) is 0 Å². The highest BCUT2D eigenvalue weighted by Gasteiger charge is 2.67. The molecule has 3 fully saturated rings. The molecule has 1 aromatic rings. The highest BCUT2D eigenvalue weighted by atomic mass is 16.5. The zero-order chi connectivity index (χ0) is 19.9. The minimum absolute atomic E-state index is 0.0618. The van der Waals surface area contributed by atoms with Crippen LogP contribution in [0.5, 0.6) is 11.5 Å². The van der Waals surface area contributed by atoms with Gasteiger partial charge in [-0.05, 0) is 36.6 Å². The number of rotatable bonds is 3. The monoisotopic (exact) mass is 394 g/mol. The first-order valence-corrected chi connectivity index (χ1v) is 10.5. The number of carbonyl (C=O) groups excluding carboxylic acids is 1. The molecule has 29 heavy (non-hydrogen) atoms. The molecule has 4 heterocycles. The molecule has 1 saturated carbocycles. The molecular formula is C23H26N2O4. The highest BCUT2D eigenvalue weighted by molar-refractivity contribution is 6.01. The van der Waals surface area contributed by atoms with E-state index in [9.17, 15) is 9.90 Å². The average molecular weight is 394 g/mol. The number of nitrogens with zero attached hydrogens (tertiary/aromatic N) is 2. The maximum absolute atomic E-state index is 13.2. The van der Waals surface area contributed by atoms with Gasteiger partial charge in [0.15, 0.2) is 11.5 Å². The molecule has 0 aromatic heterocycles. The van der Waals surface area contributed by atoms with Gasteiger partial charge in [-0.25, -0.2) is 0 Å². The van der Waals surface area contributed by atoms with Crippen LogP contribution in [0, 0.1) is 5.92 Å². The summed E-state index contributed by atoms with van der Waals surface area (Å²) in [7, 11) is 3.31. The Kier molecular flexibility index (Phi) is 3.55. The quantitative estimate of drug-likeness (QED) is 0.795. The van der Waals surface area contributed by atoms with E-state index in [1.54, 1.807) is 14.2 Å². The van der Waals surface area contributed by atoms with E-state index in [0.29, 0.717) is 24.1 Å². The van der Waals surface area contributed by atoms with Crippen molar-refractivity contribution in [3.05, 3.63) is 41.0 Å². The lowest BCUT2D eigenvalue weighted by atomic mass is 9.57. The van der Waals surface area contributed by atoms with Crippen LogP contribution in [-0.2, 0) is 10.2 Å². The molecule has 1 N–H and O–H groups in total. The van der Waals surface area contributed by atoms with E-state index in [0.717, 1.165) is 37.4 Å². The third-order valence-electron chi connectivity index (χ3n) is 8.00. The van der Waals surface area contributed by atoms with Gasteiger partial charge in [-0.15, -0.1) is 0 Å². The van der Waals surface area contributed by atoms with E-state index >= 15 is 0 Å². The zero-order valence-electron chi connectivity index (χ0n) is 16.9. The predicted molar refractivity (Wildman–Crippen MR) is 108 cm³/mol. The number of anilines is 1. The number of hydrogen-bond acceptors (Lipinski definition) is 5. The molecule has 152 valence electrons. The molecule has 0 radical (unpaired) electrons. The summed E-state index contributed by atoms with van der Waals surface area (Å²) in [5, 5.41) is 9.59. The van der Waals surface area contributed by atoms with Crippen molar-refractivity contribution in [2.75, 3.05) is 38.8 Å². The first-order chi connectivity index (χ1) is 14.1. The largest absolute Gasteiger partial charge is 0.493 e. The summed E-state index contributed by atoms with van der Waals surface area (Å²) < 4.78 is 11.2. The fourth-order valence-corrected chi connectivity index (χ4v) is 6.98. The molecule has 1 amide bonds. The van der Waals surface area contributed by atoms with Gasteiger partial charge in [0.25, 0.3) is 0 Å². The van der Waals surface area contributed by atoms with Gasteiger partial charge in [-0.2, -0.15) is 0 Å². The van der Waals surface area contributed by atoms with Gasteiger partial charge in [-0.3, -0.25) is 9.69 Å². The second kappa shape index (κ2) is 5.86. The normalized spacial score (nSPS) is 35.5. The summed E-state index contributed by atoms with van der Waals surface area (Å²) in [5.74, 6) is 1.89. The van der Waals surface area contributed by atoms with Crippen LogP contribution in [0.3, 0.4) is 0 Å². The van der Waals surface area contributed by atoms with Crippen molar-refractivity contribution in [3.8, 4) is 11.5 Å². The minimum Gasteiger partial charge on any atom is -0.493 e. The number of hydrogen-bond donors (Lipinski definition) is 1. The molecule has 1 aliphatic carbocycles. The SMILES string of the molecule is COc1cc2c(cc1OC)C13CCN4CC(=CCO)C(CC41)C1=CCC(=O)N2[C@@H]13. The van der Waals surface area contributed by atoms with E-state index in [-0.39, 0.29) is 24.0 Å². The third kappa shape index (κ3) is 1.96. The maximum atomic E-state index is 13.2. The summed E-state index contributed by atoms with van der Waals surface area (Å²) in [5.41, 5.74) is 4.83. The molecule has 2 bridgehead atoms. The Bertz CT molecular complexity index is 983. The molecule has 6 nitrogen and oxygen atoms in total. The number of piperidine rings is 1. The Morgan fingerprint density at radius 1 is 1.28 bits per heavy atom. The number of methoxy groups -OCH3 is 2. The van der Waals surface area contributed by atoms with Crippen LogP contribution >= 0.6 is 0 Å². The number of amides is 1. The summed E-state index contributed by atoms with van der Waals surface area (Å²) in [6, 6.07) is 4.59. The molecular weight excluding hydrogens is 368 g/mol. The summed E-state index contributed by atoms with van der Waals surface area (Å²) >= 11 is 0. The molecule has 2 saturated heterocycles. The van der Waals surface area contributed by atoms with Crippen molar-refractivity contribution in [2.45, 2.75) is 36.8 Å². The minimum atomic E-state index is -0.0853. The van der Waals surface area contributed by atoms with Gasteiger partial charge in [0.05, 0.1) is 32.6 Å². The molecule has 1 spiro atoms. The topological polar surface area (TPSA) is 62.2 Å². The Morgan fingerprint density at radius 3 is 2.83 bits per heavy atom. The van der Waals surface area contributed by atoms with Gasteiger partial charge in [0, 0.05) is 36.4 Å². The van der Waals surface area contributed by atoms with Crippen molar-refractivity contribution in [3.63, 3.8) is 0 Å². The lowest BCUT2D eigenvalue weighted by Crippen LogP contribution is -2.62. The first kappa shape index (κ1) is 17.5. The molecule has 3 unspecified atom stereocenters. The molecule has 5 aliphatic rings.